The number of nitrogens with one attached hydrogen (secondary N) is 3. The second kappa shape index (κ2) is 13.2. The molecule has 216 valence electrons. The second-order valence-electron chi connectivity index (χ2n) is 10.3. The van der Waals surface area contributed by atoms with Crippen molar-refractivity contribution in [2.75, 3.05) is 19.0 Å². The predicted octanol–water partition coefficient (Wildman–Crippen LogP) is 6.24. The van der Waals surface area contributed by atoms with Crippen molar-refractivity contribution < 1.29 is 19.1 Å². The highest BCUT2D eigenvalue weighted by atomic mass is 16.5. The summed E-state index contributed by atoms with van der Waals surface area (Å²) in [6.07, 6.45) is 4.06. The van der Waals surface area contributed by atoms with Crippen molar-refractivity contribution in [3.63, 3.8) is 0 Å². The van der Waals surface area contributed by atoms with Gasteiger partial charge in [-0.3, -0.25) is 9.59 Å². The number of likely N-dealkylation sites (tertiary alicyclic amines) is 1. The van der Waals surface area contributed by atoms with Gasteiger partial charge in [0.2, 0.25) is 5.91 Å². The van der Waals surface area contributed by atoms with Gasteiger partial charge in [0.25, 0.3) is 5.91 Å². The lowest BCUT2D eigenvalue weighted by Gasteiger charge is -2.28. The van der Waals surface area contributed by atoms with Crippen LogP contribution in [0.3, 0.4) is 0 Å². The number of benzene rings is 3. The summed E-state index contributed by atoms with van der Waals surface area (Å²) in [6, 6.07) is 24.1. The van der Waals surface area contributed by atoms with Crippen LogP contribution in [0, 0.1) is 0 Å². The Hall–Kier alpha value is -4.92. The van der Waals surface area contributed by atoms with Gasteiger partial charge in [-0.25, -0.2) is 9.78 Å². The molecule has 0 radical (unpaired) electrons. The number of imidazole rings is 1. The Morgan fingerprint density at radius 3 is 2.31 bits per heavy atom. The molecule has 3 aromatic carbocycles. The lowest BCUT2D eigenvalue weighted by Crippen LogP contribution is -2.42. The van der Waals surface area contributed by atoms with Crippen LogP contribution >= 0.6 is 0 Å². The first-order valence-electron chi connectivity index (χ1n) is 14.2. The number of alkyl carbamates (subject to hydrolysis) is 1. The maximum Gasteiger partial charge on any atom is 0.407 e. The van der Waals surface area contributed by atoms with Crippen LogP contribution in [0.4, 0.5) is 10.5 Å². The molecule has 2 heterocycles. The van der Waals surface area contributed by atoms with Crippen molar-refractivity contribution in [3.8, 4) is 22.4 Å². The summed E-state index contributed by atoms with van der Waals surface area (Å²) in [5, 5.41) is 5.61. The van der Waals surface area contributed by atoms with E-state index in [0.717, 1.165) is 47.3 Å². The van der Waals surface area contributed by atoms with Crippen LogP contribution < -0.4 is 10.6 Å². The molecule has 1 aromatic heterocycles. The van der Waals surface area contributed by atoms with Crippen molar-refractivity contribution in [3.05, 3.63) is 96.4 Å². The van der Waals surface area contributed by atoms with E-state index in [1.54, 1.807) is 11.1 Å². The summed E-state index contributed by atoms with van der Waals surface area (Å²) in [4.78, 5) is 47.5. The first-order valence-corrected chi connectivity index (χ1v) is 14.2. The van der Waals surface area contributed by atoms with Crippen LogP contribution in [0.25, 0.3) is 22.4 Å². The molecule has 2 atom stereocenters. The molecule has 0 unspecified atom stereocenters. The number of ether oxygens (including phenoxy) is 1. The van der Waals surface area contributed by atoms with Crippen LogP contribution in [0.15, 0.2) is 85.1 Å². The van der Waals surface area contributed by atoms with Gasteiger partial charge in [-0.2, -0.15) is 0 Å². The topological polar surface area (TPSA) is 116 Å². The number of hydrogen-bond acceptors (Lipinski definition) is 5. The van der Waals surface area contributed by atoms with Gasteiger partial charge in [-0.05, 0) is 53.6 Å². The van der Waals surface area contributed by atoms with E-state index in [1.807, 2.05) is 73.7 Å². The van der Waals surface area contributed by atoms with Crippen molar-refractivity contribution >= 4 is 23.6 Å². The number of nitrogens with zero attached hydrogens (tertiary/aromatic N) is 2. The summed E-state index contributed by atoms with van der Waals surface area (Å²) in [5.41, 5.74) is 5.42. The molecule has 0 aliphatic carbocycles. The Labute approximate surface area is 245 Å². The zero-order valence-corrected chi connectivity index (χ0v) is 23.8. The third kappa shape index (κ3) is 6.52. The lowest BCUT2D eigenvalue weighted by atomic mass is 10.0. The van der Waals surface area contributed by atoms with Crippen molar-refractivity contribution in [2.45, 2.75) is 44.7 Å². The minimum atomic E-state index is -0.858. The molecule has 1 fully saturated rings. The van der Waals surface area contributed by atoms with Crippen LogP contribution in [-0.4, -0.2) is 46.4 Å². The van der Waals surface area contributed by atoms with Gasteiger partial charge in [-0.15, -0.1) is 0 Å². The smallest absolute Gasteiger partial charge is 0.407 e. The van der Waals surface area contributed by atoms with Crippen molar-refractivity contribution in [1.82, 2.24) is 20.2 Å². The maximum atomic E-state index is 13.7. The van der Waals surface area contributed by atoms with E-state index in [1.165, 1.54) is 7.11 Å². The van der Waals surface area contributed by atoms with E-state index in [2.05, 4.69) is 32.7 Å². The molecule has 3 N–H and O–H groups in total. The molecule has 1 aliphatic heterocycles. The Morgan fingerprint density at radius 1 is 0.976 bits per heavy atom. The molecule has 9 nitrogen and oxygen atoms in total. The molecule has 0 saturated carbocycles. The molecule has 3 amide bonds. The number of H-pyrrole nitrogens is 1. The molecule has 5 rings (SSSR count). The minimum absolute atomic E-state index is 0.0208. The van der Waals surface area contributed by atoms with Crippen LogP contribution in [0.1, 0.15) is 56.1 Å². The van der Waals surface area contributed by atoms with Crippen molar-refractivity contribution in [1.29, 1.82) is 0 Å². The maximum absolute atomic E-state index is 13.7. The third-order valence-corrected chi connectivity index (χ3v) is 7.45. The molecule has 1 aliphatic rings. The first-order chi connectivity index (χ1) is 20.5. The van der Waals surface area contributed by atoms with Crippen LogP contribution in [-0.2, 0) is 14.3 Å². The highest BCUT2D eigenvalue weighted by Crippen LogP contribution is 2.34. The quantitative estimate of drug-likeness (QED) is 0.222. The zero-order chi connectivity index (χ0) is 29.5. The monoisotopic (exact) mass is 565 g/mol. The first kappa shape index (κ1) is 28.6. The highest BCUT2D eigenvalue weighted by Gasteiger charge is 2.37. The fourth-order valence-corrected chi connectivity index (χ4v) is 5.28. The van der Waals surface area contributed by atoms with Gasteiger partial charge < -0.3 is 25.3 Å². The third-order valence-electron chi connectivity index (χ3n) is 7.45. The Bertz CT molecular complexity index is 1520. The Morgan fingerprint density at radius 2 is 1.64 bits per heavy atom. The van der Waals surface area contributed by atoms with Crippen LogP contribution in [0.5, 0.6) is 0 Å². The minimum Gasteiger partial charge on any atom is -0.453 e. The summed E-state index contributed by atoms with van der Waals surface area (Å²) in [7, 11) is 1.28. The van der Waals surface area contributed by atoms with E-state index in [0.29, 0.717) is 24.4 Å². The number of carbonyl (C=O) groups excluding carboxylic acids is 3. The van der Waals surface area contributed by atoms with Gasteiger partial charge in [-0.1, -0.05) is 73.7 Å². The number of aromatic amines is 1. The molecule has 0 spiro atoms. The van der Waals surface area contributed by atoms with Crippen molar-refractivity contribution in [2.24, 2.45) is 0 Å². The number of aromatic nitrogens is 2. The fraction of sp³-hybridized carbons (Fsp3) is 0.273. The van der Waals surface area contributed by atoms with Gasteiger partial charge in [0, 0.05) is 18.7 Å². The van der Waals surface area contributed by atoms with Gasteiger partial charge in [0.15, 0.2) is 0 Å². The number of hydrogen-bond donors (Lipinski definition) is 3. The summed E-state index contributed by atoms with van der Waals surface area (Å²) < 4.78 is 4.79. The Balaban J connectivity index is 1.29. The van der Waals surface area contributed by atoms with E-state index >= 15 is 0 Å². The van der Waals surface area contributed by atoms with Gasteiger partial charge in [0.1, 0.15) is 11.9 Å². The summed E-state index contributed by atoms with van der Waals surface area (Å²) >= 11 is 0. The average Bonchev–Trinajstić information content (AvgIpc) is 3.71. The van der Waals surface area contributed by atoms with E-state index < -0.39 is 12.1 Å². The normalized spacial score (nSPS) is 15.2. The second-order valence-corrected chi connectivity index (χ2v) is 10.3. The van der Waals surface area contributed by atoms with E-state index in [-0.39, 0.29) is 17.9 Å². The highest BCUT2D eigenvalue weighted by molar-refractivity contribution is 5.91. The molecule has 1 saturated heterocycles. The molecule has 4 aromatic rings. The van der Waals surface area contributed by atoms with E-state index in [9.17, 15) is 14.4 Å². The molecule has 0 bridgehead atoms. The molecule has 9 heteroatoms. The zero-order valence-electron chi connectivity index (χ0n) is 23.8. The van der Waals surface area contributed by atoms with Gasteiger partial charge >= 0.3 is 6.09 Å². The summed E-state index contributed by atoms with van der Waals surface area (Å²) in [6.45, 7) is 2.55. The van der Waals surface area contributed by atoms with E-state index in [4.69, 9.17) is 4.74 Å². The number of amides is 3. The lowest BCUT2D eigenvalue weighted by molar-refractivity contribution is -0.134. The number of carbonyl (C=O) groups is 3. The SMILES string of the molecule is CCCC(=O)Nc1ccc(-c2ccc(-c3cnc([C@@H]4CCCN4C(=O)[C@H](NC(=O)OC)c4ccccc4)[nH]3)cc2)cc1. The number of anilines is 1. The largest absolute Gasteiger partial charge is 0.453 e. The standard InChI is InChI=1S/C33H35N5O4/c1-3-8-29(39)35-26-18-16-23(17-19-26)22-12-14-24(15-13-22)27-21-34-31(36-27)28-11-7-20-38(28)32(40)30(37-33(41)42-2)25-9-5-4-6-10-25/h4-6,9-10,12-19,21,28,30H,3,7-8,11,20H2,1-2H3,(H,34,36)(H,35,39)(H,37,41)/t28-,30+/m0/s1. The predicted molar refractivity (Wildman–Crippen MR) is 161 cm³/mol. The number of methoxy groups -OCH3 is 1. The van der Waals surface area contributed by atoms with Crippen LogP contribution in [0.2, 0.25) is 0 Å². The summed E-state index contributed by atoms with van der Waals surface area (Å²) in [5.74, 6) is 0.533. The van der Waals surface area contributed by atoms with Gasteiger partial charge in [0.05, 0.1) is 25.0 Å². The Kier molecular flexibility index (Phi) is 8.96. The molecular weight excluding hydrogens is 530 g/mol. The number of rotatable bonds is 9. The molecule has 42 heavy (non-hydrogen) atoms. The fourth-order valence-electron chi connectivity index (χ4n) is 5.28. The molecular formula is C33H35N5O4. The average molecular weight is 566 g/mol.